The number of rotatable bonds is 1. The Morgan fingerprint density at radius 2 is 1.96 bits per heavy atom. The van der Waals surface area contributed by atoms with Gasteiger partial charge in [0.05, 0.1) is 17.8 Å². The number of amides is 1. The van der Waals surface area contributed by atoms with Crippen LogP contribution >= 0.6 is 11.6 Å². The molecule has 23 heavy (non-hydrogen) atoms. The predicted molar refractivity (Wildman–Crippen MR) is 87.3 cm³/mol. The highest BCUT2D eigenvalue weighted by molar-refractivity contribution is 6.29. The Hall–Kier alpha value is -1.91. The summed E-state index contributed by atoms with van der Waals surface area (Å²) in [5.41, 5.74) is 2.93. The Bertz CT molecular complexity index is 737. The lowest BCUT2D eigenvalue weighted by Crippen LogP contribution is -2.45. The average molecular weight is 329 g/mol. The van der Waals surface area contributed by atoms with Gasteiger partial charge in [-0.2, -0.15) is 0 Å². The van der Waals surface area contributed by atoms with Crippen LogP contribution in [0.5, 0.6) is 0 Å². The molecule has 118 valence electrons. The van der Waals surface area contributed by atoms with Gasteiger partial charge in [0, 0.05) is 19.3 Å². The monoisotopic (exact) mass is 328 g/mol. The third-order valence-corrected chi connectivity index (χ3v) is 5.07. The van der Waals surface area contributed by atoms with Gasteiger partial charge >= 0.3 is 0 Å². The zero-order chi connectivity index (χ0) is 15.9. The molecule has 2 aliphatic heterocycles. The van der Waals surface area contributed by atoms with Crippen molar-refractivity contribution >= 4 is 17.5 Å². The molecule has 1 spiro atoms. The van der Waals surface area contributed by atoms with Crippen LogP contribution in [0.25, 0.3) is 0 Å². The summed E-state index contributed by atoms with van der Waals surface area (Å²) >= 11 is 5.78. The smallest absolute Gasteiger partial charge is 0.255 e. The lowest BCUT2D eigenvalue weighted by molar-refractivity contribution is -0.0741. The van der Waals surface area contributed by atoms with E-state index in [0.717, 1.165) is 12.8 Å². The van der Waals surface area contributed by atoms with Gasteiger partial charge in [0.15, 0.2) is 0 Å². The van der Waals surface area contributed by atoms with Crippen molar-refractivity contribution in [2.75, 3.05) is 13.1 Å². The Balaban J connectivity index is 1.50. The second kappa shape index (κ2) is 5.62. The first-order valence-electron chi connectivity index (χ1n) is 7.81. The summed E-state index contributed by atoms with van der Waals surface area (Å²) < 4.78 is 6.13. The van der Waals surface area contributed by atoms with E-state index < -0.39 is 0 Å². The Labute approximate surface area is 140 Å². The Kier molecular flexibility index (Phi) is 3.58. The quantitative estimate of drug-likeness (QED) is 0.753. The number of piperidine rings is 1. The molecule has 4 rings (SSSR count). The summed E-state index contributed by atoms with van der Waals surface area (Å²) in [5, 5.41) is 0.398. The molecule has 1 amide bonds. The van der Waals surface area contributed by atoms with Crippen LogP contribution in [0.2, 0.25) is 5.15 Å². The summed E-state index contributed by atoms with van der Waals surface area (Å²) in [6.07, 6.45) is 3.20. The summed E-state index contributed by atoms with van der Waals surface area (Å²) in [6, 6.07) is 11.8. The maximum Gasteiger partial charge on any atom is 0.255 e. The molecule has 2 aromatic rings. The predicted octanol–water partition coefficient (Wildman–Crippen LogP) is 3.40. The van der Waals surface area contributed by atoms with Gasteiger partial charge < -0.3 is 9.64 Å². The highest BCUT2D eigenvalue weighted by Crippen LogP contribution is 2.44. The maximum atomic E-state index is 12.6. The molecule has 5 heteroatoms. The van der Waals surface area contributed by atoms with E-state index >= 15 is 0 Å². The number of fused-ring (bicyclic) bond motifs is 2. The fourth-order valence-electron chi connectivity index (χ4n) is 3.55. The van der Waals surface area contributed by atoms with Crippen LogP contribution in [-0.2, 0) is 16.9 Å². The minimum atomic E-state index is -0.217. The van der Waals surface area contributed by atoms with Gasteiger partial charge in [-0.25, -0.2) is 4.98 Å². The van der Waals surface area contributed by atoms with Gasteiger partial charge in [0.2, 0.25) is 0 Å². The molecule has 4 nitrogen and oxygen atoms in total. The van der Waals surface area contributed by atoms with E-state index in [4.69, 9.17) is 16.3 Å². The summed E-state index contributed by atoms with van der Waals surface area (Å²) in [6.45, 7) is 2.05. The highest BCUT2D eigenvalue weighted by Gasteiger charge is 2.43. The molecule has 1 fully saturated rings. The molecule has 0 radical (unpaired) electrons. The van der Waals surface area contributed by atoms with Crippen molar-refractivity contribution in [3.8, 4) is 0 Å². The molecule has 0 N–H and O–H groups in total. The van der Waals surface area contributed by atoms with E-state index in [-0.39, 0.29) is 11.5 Å². The number of pyridine rings is 1. The lowest BCUT2D eigenvalue weighted by Gasteiger charge is -2.39. The third kappa shape index (κ3) is 2.52. The topological polar surface area (TPSA) is 42.4 Å². The van der Waals surface area contributed by atoms with Crippen molar-refractivity contribution in [1.82, 2.24) is 9.88 Å². The molecular formula is C18H17ClN2O2. The molecule has 0 unspecified atom stereocenters. The van der Waals surface area contributed by atoms with Crippen molar-refractivity contribution in [1.29, 1.82) is 0 Å². The molecule has 3 heterocycles. The number of carbonyl (C=O) groups is 1. The summed E-state index contributed by atoms with van der Waals surface area (Å²) in [5.74, 6) is 0.00954. The van der Waals surface area contributed by atoms with E-state index in [1.807, 2.05) is 11.0 Å². The number of nitrogens with zero attached hydrogens (tertiary/aromatic N) is 2. The number of aromatic nitrogens is 1. The molecular weight excluding hydrogens is 312 g/mol. The Morgan fingerprint density at radius 1 is 1.17 bits per heavy atom. The maximum absolute atomic E-state index is 12.6. The minimum Gasteiger partial charge on any atom is -0.365 e. The van der Waals surface area contributed by atoms with Crippen LogP contribution in [-0.4, -0.2) is 28.9 Å². The zero-order valence-electron chi connectivity index (χ0n) is 12.7. The second-order valence-corrected chi connectivity index (χ2v) is 6.49. The molecule has 1 saturated heterocycles. The first kappa shape index (κ1) is 14.7. The van der Waals surface area contributed by atoms with E-state index in [0.29, 0.717) is 30.4 Å². The van der Waals surface area contributed by atoms with E-state index in [9.17, 15) is 4.79 Å². The van der Waals surface area contributed by atoms with Gasteiger partial charge in [0.25, 0.3) is 5.91 Å². The second-order valence-electron chi connectivity index (χ2n) is 6.10. The SMILES string of the molecule is O=C(c1ccc(Cl)nc1)N1CCC2(CC1)OCc1ccccc12. The molecule has 0 atom stereocenters. The van der Waals surface area contributed by atoms with Gasteiger partial charge in [0.1, 0.15) is 5.15 Å². The van der Waals surface area contributed by atoms with Crippen LogP contribution in [0.4, 0.5) is 0 Å². The van der Waals surface area contributed by atoms with Crippen LogP contribution in [0, 0.1) is 0 Å². The lowest BCUT2D eigenvalue weighted by atomic mass is 9.83. The summed E-state index contributed by atoms with van der Waals surface area (Å²) in [7, 11) is 0. The molecule has 1 aromatic carbocycles. The van der Waals surface area contributed by atoms with Crippen LogP contribution in [0.3, 0.4) is 0 Å². The average Bonchev–Trinajstić information content (AvgIpc) is 2.95. The third-order valence-electron chi connectivity index (χ3n) is 4.84. The van der Waals surface area contributed by atoms with Crippen LogP contribution in [0.15, 0.2) is 42.6 Å². The number of hydrogen-bond acceptors (Lipinski definition) is 3. The normalized spacial score (nSPS) is 18.9. The van der Waals surface area contributed by atoms with Gasteiger partial charge in [-0.05, 0) is 36.1 Å². The zero-order valence-corrected chi connectivity index (χ0v) is 13.4. The Morgan fingerprint density at radius 3 is 2.70 bits per heavy atom. The van der Waals surface area contributed by atoms with Crippen molar-refractivity contribution < 1.29 is 9.53 Å². The number of benzene rings is 1. The largest absolute Gasteiger partial charge is 0.365 e. The first-order chi connectivity index (χ1) is 11.2. The number of halogens is 1. The first-order valence-corrected chi connectivity index (χ1v) is 8.19. The van der Waals surface area contributed by atoms with Gasteiger partial charge in [-0.15, -0.1) is 0 Å². The number of hydrogen-bond donors (Lipinski definition) is 0. The molecule has 1 aromatic heterocycles. The van der Waals surface area contributed by atoms with E-state index in [1.165, 1.54) is 17.3 Å². The van der Waals surface area contributed by atoms with Crippen LogP contribution in [0.1, 0.15) is 34.3 Å². The number of carbonyl (C=O) groups excluding carboxylic acids is 1. The van der Waals surface area contributed by atoms with Crippen molar-refractivity contribution in [2.24, 2.45) is 0 Å². The number of ether oxygens (including phenoxy) is 1. The van der Waals surface area contributed by atoms with E-state index in [2.05, 4.69) is 23.2 Å². The fourth-order valence-corrected chi connectivity index (χ4v) is 3.67. The standard InChI is InChI=1S/C18H17ClN2O2/c19-16-6-5-13(11-20-16)17(22)21-9-7-18(8-10-21)15-4-2-1-3-14(15)12-23-18/h1-6,11H,7-10,12H2. The fraction of sp³-hybridized carbons (Fsp3) is 0.333. The molecule has 2 aliphatic rings. The van der Waals surface area contributed by atoms with Crippen molar-refractivity contribution in [3.63, 3.8) is 0 Å². The van der Waals surface area contributed by atoms with Gasteiger partial charge in [-0.3, -0.25) is 4.79 Å². The highest BCUT2D eigenvalue weighted by atomic mass is 35.5. The molecule has 0 bridgehead atoms. The number of likely N-dealkylation sites (tertiary alicyclic amines) is 1. The van der Waals surface area contributed by atoms with Crippen LogP contribution < -0.4 is 0 Å². The van der Waals surface area contributed by atoms with E-state index in [1.54, 1.807) is 12.1 Å². The van der Waals surface area contributed by atoms with Crippen molar-refractivity contribution in [3.05, 3.63) is 64.4 Å². The molecule has 0 saturated carbocycles. The summed E-state index contributed by atoms with van der Waals surface area (Å²) in [4.78, 5) is 18.4. The van der Waals surface area contributed by atoms with Gasteiger partial charge in [-0.1, -0.05) is 35.9 Å². The minimum absolute atomic E-state index is 0.00954. The van der Waals surface area contributed by atoms with Crippen molar-refractivity contribution in [2.45, 2.75) is 25.0 Å². The molecule has 0 aliphatic carbocycles.